The molecule has 0 radical (unpaired) electrons. The van der Waals surface area contributed by atoms with E-state index in [1.54, 1.807) is 0 Å². The van der Waals surface area contributed by atoms with Crippen LogP contribution < -0.4 is 4.90 Å². The van der Waals surface area contributed by atoms with Crippen LogP contribution in [-0.2, 0) is 6.54 Å². The Morgan fingerprint density at radius 1 is 1.17 bits per heavy atom. The van der Waals surface area contributed by atoms with Crippen molar-refractivity contribution in [3.63, 3.8) is 0 Å². The molecule has 2 rings (SSSR count). The number of rotatable bonds is 3. The highest BCUT2D eigenvalue weighted by Gasteiger charge is 2.11. The first-order chi connectivity index (χ1) is 8.58. The number of nitrogens with zero attached hydrogens (tertiary/aromatic N) is 1. The predicted molar refractivity (Wildman–Crippen MR) is 79.1 cm³/mol. The molecule has 0 atom stereocenters. The van der Waals surface area contributed by atoms with Crippen LogP contribution in [0.5, 0.6) is 5.75 Å². The van der Waals surface area contributed by atoms with E-state index in [1.807, 2.05) is 49.2 Å². The van der Waals surface area contributed by atoms with Crippen molar-refractivity contribution >= 4 is 21.6 Å². The SMILES string of the molecule is Cc1cc(Br)c(O)c(N(C)Cc2ccccc2)c1. The van der Waals surface area contributed by atoms with E-state index in [0.29, 0.717) is 5.75 Å². The van der Waals surface area contributed by atoms with Gasteiger partial charge in [-0.1, -0.05) is 30.3 Å². The van der Waals surface area contributed by atoms with Gasteiger partial charge in [-0.2, -0.15) is 0 Å². The van der Waals surface area contributed by atoms with Gasteiger partial charge in [0.05, 0.1) is 10.2 Å². The average molecular weight is 306 g/mol. The minimum Gasteiger partial charge on any atom is -0.505 e. The molecule has 0 aliphatic carbocycles. The molecular weight excluding hydrogens is 290 g/mol. The molecule has 0 heterocycles. The molecule has 1 N–H and O–H groups in total. The number of halogens is 1. The van der Waals surface area contributed by atoms with E-state index in [4.69, 9.17) is 0 Å². The summed E-state index contributed by atoms with van der Waals surface area (Å²) >= 11 is 3.37. The van der Waals surface area contributed by atoms with Crippen molar-refractivity contribution in [3.8, 4) is 5.75 Å². The molecule has 0 saturated heterocycles. The maximum atomic E-state index is 10.1. The number of hydrogen-bond acceptors (Lipinski definition) is 2. The third kappa shape index (κ3) is 2.85. The molecule has 0 aliphatic rings. The zero-order valence-corrected chi connectivity index (χ0v) is 12.1. The molecule has 2 nitrogen and oxygen atoms in total. The van der Waals surface area contributed by atoms with Crippen molar-refractivity contribution in [2.24, 2.45) is 0 Å². The number of phenols is 1. The van der Waals surface area contributed by atoms with Gasteiger partial charge < -0.3 is 10.0 Å². The van der Waals surface area contributed by atoms with Crippen LogP contribution >= 0.6 is 15.9 Å². The number of benzene rings is 2. The van der Waals surface area contributed by atoms with E-state index in [9.17, 15) is 5.11 Å². The molecule has 0 amide bonds. The van der Waals surface area contributed by atoms with Gasteiger partial charge >= 0.3 is 0 Å². The zero-order chi connectivity index (χ0) is 13.1. The van der Waals surface area contributed by atoms with Gasteiger partial charge in [-0.3, -0.25) is 0 Å². The Hall–Kier alpha value is -1.48. The van der Waals surface area contributed by atoms with E-state index < -0.39 is 0 Å². The van der Waals surface area contributed by atoms with Gasteiger partial charge in [0.2, 0.25) is 0 Å². The molecule has 0 aliphatic heterocycles. The Morgan fingerprint density at radius 2 is 1.83 bits per heavy atom. The molecule has 0 bridgehead atoms. The number of hydrogen-bond donors (Lipinski definition) is 1. The molecule has 0 spiro atoms. The van der Waals surface area contributed by atoms with E-state index in [1.165, 1.54) is 5.56 Å². The molecule has 18 heavy (non-hydrogen) atoms. The number of aromatic hydroxyl groups is 1. The zero-order valence-electron chi connectivity index (χ0n) is 10.5. The number of anilines is 1. The summed E-state index contributed by atoms with van der Waals surface area (Å²) in [6.07, 6.45) is 0. The highest BCUT2D eigenvalue weighted by Crippen LogP contribution is 2.35. The van der Waals surface area contributed by atoms with Crippen LogP contribution in [-0.4, -0.2) is 12.2 Å². The van der Waals surface area contributed by atoms with E-state index in [-0.39, 0.29) is 0 Å². The molecular formula is C15H16BrNO. The third-order valence-corrected chi connectivity index (χ3v) is 3.47. The lowest BCUT2D eigenvalue weighted by Crippen LogP contribution is -2.16. The minimum atomic E-state index is 0.291. The average Bonchev–Trinajstić information content (AvgIpc) is 2.35. The van der Waals surface area contributed by atoms with Crippen molar-refractivity contribution in [2.45, 2.75) is 13.5 Å². The first-order valence-electron chi connectivity index (χ1n) is 5.82. The van der Waals surface area contributed by atoms with Crippen molar-refractivity contribution in [3.05, 3.63) is 58.1 Å². The summed E-state index contributed by atoms with van der Waals surface area (Å²) in [5.74, 6) is 0.291. The van der Waals surface area contributed by atoms with Crippen molar-refractivity contribution in [1.29, 1.82) is 0 Å². The topological polar surface area (TPSA) is 23.5 Å². The van der Waals surface area contributed by atoms with Gasteiger partial charge in [0.1, 0.15) is 0 Å². The summed E-state index contributed by atoms with van der Waals surface area (Å²) in [4.78, 5) is 2.04. The second-order valence-corrected chi connectivity index (χ2v) is 5.31. The Labute approximate surface area is 116 Å². The fourth-order valence-electron chi connectivity index (χ4n) is 1.95. The van der Waals surface area contributed by atoms with Gasteiger partial charge in [0.15, 0.2) is 5.75 Å². The summed E-state index contributed by atoms with van der Waals surface area (Å²) in [7, 11) is 1.98. The third-order valence-electron chi connectivity index (χ3n) is 2.86. The van der Waals surface area contributed by atoms with Crippen molar-refractivity contribution < 1.29 is 5.11 Å². The number of phenolic OH excluding ortho intramolecular Hbond substituents is 1. The summed E-state index contributed by atoms with van der Waals surface area (Å²) in [5, 5.41) is 10.1. The van der Waals surface area contributed by atoms with Gasteiger partial charge in [-0.05, 0) is 46.1 Å². The van der Waals surface area contributed by atoms with Gasteiger partial charge in [0, 0.05) is 13.6 Å². The molecule has 2 aromatic rings. The standard InChI is InChI=1S/C15H16BrNO/c1-11-8-13(16)15(18)14(9-11)17(2)10-12-6-4-3-5-7-12/h3-9,18H,10H2,1-2H3. The maximum Gasteiger partial charge on any atom is 0.153 e. The lowest BCUT2D eigenvalue weighted by molar-refractivity contribution is 0.471. The first-order valence-corrected chi connectivity index (χ1v) is 6.61. The van der Waals surface area contributed by atoms with Crippen molar-refractivity contribution in [1.82, 2.24) is 0 Å². The van der Waals surface area contributed by atoms with Crippen LogP contribution in [0.3, 0.4) is 0 Å². The van der Waals surface area contributed by atoms with Crippen LogP contribution in [0, 0.1) is 6.92 Å². The Bertz CT molecular complexity index is 540. The Morgan fingerprint density at radius 3 is 2.50 bits per heavy atom. The lowest BCUT2D eigenvalue weighted by atomic mass is 10.1. The van der Waals surface area contributed by atoms with Crippen LogP contribution in [0.2, 0.25) is 0 Å². The van der Waals surface area contributed by atoms with Crippen LogP contribution in [0.1, 0.15) is 11.1 Å². The normalized spacial score (nSPS) is 10.4. The summed E-state index contributed by atoms with van der Waals surface area (Å²) in [6, 6.07) is 14.1. The predicted octanol–water partition coefficient (Wildman–Crippen LogP) is 4.10. The van der Waals surface area contributed by atoms with Gasteiger partial charge in [-0.25, -0.2) is 0 Å². The smallest absolute Gasteiger partial charge is 0.153 e. The van der Waals surface area contributed by atoms with Gasteiger partial charge in [-0.15, -0.1) is 0 Å². The fraction of sp³-hybridized carbons (Fsp3) is 0.200. The summed E-state index contributed by atoms with van der Waals surface area (Å²) in [5.41, 5.74) is 3.18. The highest BCUT2D eigenvalue weighted by atomic mass is 79.9. The maximum absolute atomic E-state index is 10.1. The van der Waals surface area contributed by atoms with Crippen molar-refractivity contribution in [2.75, 3.05) is 11.9 Å². The molecule has 0 aromatic heterocycles. The minimum absolute atomic E-state index is 0.291. The Kier molecular flexibility index (Phi) is 3.92. The molecule has 0 fully saturated rings. The first kappa shape index (κ1) is 13.0. The van der Waals surface area contributed by atoms with E-state index >= 15 is 0 Å². The fourth-order valence-corrected chi connectivity index (χ4v) is 2.51. The Balaban J connectivity index is 2.26. The highest BCUT2D eigenvalue weighted by molar-refractivity contribution is 9.10. The molecule has 2 aromatic carbocycles. The van der Waals surface area contributed by atoms with Crippen LogP contribution in [0.25, 0.3) is 0 Å². The molecule has 94 valence electrons. The summed E-state index contributed by atoms with van der Waals surface area (Å²) < 4.78 is 0.734. The van der Waals surface area contributed by atoms with Crippen LogP contribution in [0.15, 0.2) is 46.9 Å². The number of aryl methyl sites for hydroxylation is 1. The van der Waals surface area contributed by atoms with E-state index in [2.05, 4.69) is 28.1 Å². The van der Waals surface area contributed by atoms with Crippen LogP contribution in [0.4, 0.5) is 5.69 Å². The quantitative estimate of drug-likeness (QED) is 0.923. The van der Waals surface area contributed by atoms with E-state index in [0.717, 1.165) is 22.3 Å². The largest absolute Gasteiger partial charge is 0.505 e. The molecule has 3 heteroatoms. The monoisotopic (exact) mass is 305 g/mol. The van der Waals surface area contributed by atoms with Gasteiger partial charge in [0.25, 0.3) is 0 Å². The lowest BCUT2D eigenvalue weighted by Gasteiger charge is -2.21. The second-order valence-electron chi connectivity index (χ2n) is 4.46. The molecule has 0 unspecified atom stereocenters. The second kappa shape index (κ2) is 5.44. The molecule has 0 saturated carbocycles. The summed E-state index contributed by atoms with van der Waals surface area (Å²) in [6.45, 7) is 2.79.